The third-order valence-corrected chi connectivity index (χ3v) is 13.3. The Hall–Kier alpha value is -10.0. The van der Waals surface area contributed by atoms with Crippen LogP contribution in [-0.4, -0.2) is 42.9 Å². The third kappa shape index (κ3) is 10.6. The Kier molecular flexibility index (Phi) is 13.9. The van der Waals surface area contributed by atoms with Crippen LogP contribution in [0.15, 0.2) is 250 Å². The molecule has 0 bridgehead atoms. The number of nitrogens with zero attached hydrogens (tertiary/aromatic N) is 6. The second kappa shape index (κ2) is 21.5. The van der Waals surface area contributed by atoms with Crippen LogP contribution >= 0.6 is 0 Å². The molecule has 0 spiro atoms. The van der Waals surface area contributed by atoms with E-state index in [-0.39, 0.29) is 34.7 Å². The summed E-state index contributed by atoms with van der Waals surface area (Å²) in [5.41, 5.74) is 4.31. The Morgan fingerprint density at radius 3 is 0.658 bits per heavy atom. The Bertz CT molecular complexity index is 3760. The van der Waals surface area contributed by atoms with Crippen LogP contribution in [0, 0.1) is 6.92 Å². The number of hydrogen-bond donors (Lipinski definition) is 0. The van der Waals surface area contributed by atoms with Gasteiger partial charge in [0.05, 0.1) is 0 Å². The molecule has 0 aliphatic rings. The largest absolute Gasteiger partial charge is 0.416 e. The van der Waals surface area contributed by atoms with E-state index in [1.165, 1.54) is 11.1 Å². The molecule has 79 heavy (non-hydrogen) atoms. The summed E-state index contributed by atoms with van der Waals surface area (Å²) >= 11 is 0. The van der Waals surface area contributed by atoms with Gasteiger partial charge in [-0.1, -0.05) is 169 Å². The molecule has 3 heterocycles. The van der Waals surface area contributed by atoms with Gasteiger partial charge in [-0.15, -0.1) is 30.6 Å². The third-order valence-electron chi connectivity index (χ3n) is 13.3. The minimum Gasteiger partial charge on any atom is -0.416 e. The van der Waals surface area contributed by atoms with Gasteiger partial charge in [-0.05, 0) is 124 Å². The van der Waals surface area contributed by atoms with E-state index in [0.717, 1.165) is 87.5 Å². The van der Waals surface area contributed by atoms with Crippen molar-refractivity contribution in [1.29, 1.82) is 0 Å². The lowest BCUT2D eigenvalue weighted by Crippen LogP contribution is -2.54. The van der Waals surface area contributed by atoms with Crippen molar-refractivity contribution < 1.29 is 39.6 Å². The van der Waals surface area contributed by atoms with Crippen molar-refractivity contribution >= 4 is 0 Å². The van der Waals surface area contributed by atoms with Gasteiger partial charge in [0.2, 0.25) is 40.8 Å². The molecule has 0 saturated carbocycles. The molecule has 0 fully saturated rings. The first-order valence-corrected chi connectivity index (χ1v) is 24.7. The molecule has 388 valence electrons. The number of benzene rings is 9. The number of rotatable bonds is 11. The van der Waals surface area contributed by atoms with Gasteiger partial charge in [-0.25, -0.2) is 0 Å². The predicted octanol–water partition coefficient (Wildman–Crippen LogP) is 17.2. The van der Waals surface area contributed by atoms with Gasteiger partial charge in [0.1, 0.15) is 0 Å². The van der Waals surface area contributed by atoms with E-state index in [1.807, 2.05) is 140 Å². The predicted molar refractivity (Wildman–Crippen MR) is 289 cm³/mol. The Morgan fingerprint density at radius 2 is 0.430 bits per heavy atom. The smallest absolute Gasteiger partial charge is 0.411 e. The number of aryl methyl sites for hydroxylation is 1. The maximum Gasteiger partial charge on any atom is 0.411 e. The molecular weight excluding hydrogens is 1010 g/mol. The fourth-order valence-corrected chi connectivity index (χ4v) is 9.08. The van der Waals surface area contributed by atoms with Crippen molar-refractivity contribution in [2.45, 2.75) is 24.7 Å². The summed E-state index contributed by atoms with van der Waals surface area (Å²) in [6.45, 7) is 2.05. The van der Waals surface area contributed by atoms with Crippen molar-refractivity contribution in [3.8, 4) is 102 Å². The SMILES string of the molecule is Cc1ccc(-c2nnc(-c3ccc(-c4ccccc4)cc3)o2)cc1.FC(F)(F)C(c1ccc(-c2nnc(-c3ccc(-c4ccccc4)cc3)o2)cc1)(c1ccc(-c2nnc(-c3ccc(-c4ccccc4)cc3)o2)cc1)C(F)(F)F. The van der Waals surface area contributed by atoms with Crippen LogP contribution in [0.4, 0.5) is 26.3 Å². The minimum atomic E-state index is -5.79. The highest BCUT2D eigenvalue weighted by atomic mass is 19.4. The van der Waals surface area contributed by atoms with Gasteiger partial charge in [-0.2, -0.15) is 26.3 Å². The normalized spacial score (nSPS) is 11.7. The maximum atomic E-state index is 14.9. The zero-order valence-electron chi connectivity index (χ0n) is 41.7. The van der Waals surface area contributed by atoms with Crippen LogP contribution in [0.25, 0.3) is 102 Å². The molecule has 0 aliphatic carbocycles. The van der Waals surface area contributed by atoms with Gasteiger partial charge in [0.25, 0.3) is 0 Å². The Morgan fingerprint density at radius 1 is 0.241 bits per heavy atom. The van der Waals surface area contributed by atoms with E-state index in [1.54, 1.807) is 24.3 Å². The standard InChI is InChI=1S/C43H26F6N4O2.C21H16N2O/c44-42(45,46)41(43(47,48)49,35-23-19-33(20-24-35)39-52-50-37(54-39)31-15-11-29(12-16-31)27-7-3-1-4-8-27)36-25-21-34(22-26-36)40-53-51-38(55-40)32-17-13-30(14-18-32)28-9-5-2-6-10-28;1-15-7-9-18(10-8-15)20-22-23-21(24-20)19-13-11-17(12-14-19)16-5-3-2-4-6-16/h1-26H;2-14H,1H3. The summed E-state index contributed by atoms with van der Waals surface area (Å²) in [4.78, 5) is 0. The van der Waals surface area contributed by atoms with Crippen molar-refractivity contribution in [3.05, 3.63) is 253 Å². The summed E-state index contributed by atoms with van der Waals surface area (Å²) in [6, 6.07) is 67.9. The van der Waals surface area contributed by atoms with Crippen LogP contribution in [0.2, 0.25) is 0 Å². The molecule has 12 aromatic rings. The number of halogens is 6. The van der Waals surface area contributed by atoms with Gasteiger partial charge in [0.15, 0.2) is 0 Å². The fraction of sp³-hybridized carbons (Fsp3) is 0.0625. The van der Waals surface area contributed by atoms with Crippen LogP contribution < -0.4 is 0 Å². The number of aromatic nitrogens is 6. The summed E-state index contributed by atoms with van der Waals surface area (Å²) in [6.07, 6.45) is -11.6. The van der Waals surface area contributed by atoms with E-state index in [9.17, 15) is 26.3 Å². The van der Waals surface area contributed by atoms with E-state index in [0.29, 0.717) is 22.9 Å². The number of hydrogen-bond acceptors (Lipinski definition) is 9. The first-order chi connectivity index (χ1) is 38.3. The van der Waals surface area contributed by atoms with Crippen LogP contribution in [-0.2, 0) is 5.41 Å². The lowest BCUT2D eigenvalue weighted by molar-refractivity contribution is -0.288. The quantitative estimate of drug-likeness (QED) is 0.117. The summed E-state index contributed by atoms with van der Waals surface area (Å²) in [5, 5.41) is 24.4. The second-order valence-electron chi connectivity index (χ2n) is 18.3. The molecule has 0 saturated heterocycles. The molecule has 0 amide bonds. The lowest BCUT2D eigenvalue weighted by atomic mass is 9.72. The maximum absolute atomic E-state index is 14.9. The molecule has 15 heteroatoms. The fourth-order valence-electron chi connectivity index (χ4n) is 9.08. The first-order valence-electron chi connectivity index (χ1n) is 24.7. The monoisotopic (exact) mass is 1060 g/mol. The van der Waals surface area contributed by atoms with E-state index in [4.69, 9.17) is 13.3 Å². The molecule has 0 radical (unpaired) electrons. The van der Waals surface area contributed by atoms with Crippen LogP contribution in [0.3, 0.4) is 0 Å². The summed E-state index contributed by atoms with van der Waals surface area (Å²) in [7, 11) is 0. The Labute approximate surface area is 448 Å². The zero-order chi connectivity index (χ0) is 54.6. The lowest BCUT2D eigenvalue weighted by Gasteiger charge is -2.38. The van der Waals surface area contributed by atoms with Gasteiger partial charge < -0.3 is 13.3 Å². The van der Waals surface area contributed by atoms with Crippen molar-refractivity contribution in [2.24, 2.45) is 0 Å². The molecule has 0 atom stereocenters. The van der Waals surface area contributed by atoms with E-state index in [2.05, 4.69) is 61.8 Å². The minimum absolute atomic E-state index is 0.0753. The average Bonchev–Trinajstić information content (AvgIpc) is 4.43. The molecule has 0 N–H and O–H groups in total. The van der Waals surface area contributed by atoms with E-state index < -0.39 is 28.9 Å². The highest BCUT2D eigenvalue weighted by molar-refractivity contribution is 5.71. The average molecular weight is 1060 g/mol. The van der Waals surface area contributed by atoms with Gasteiger partial charge >= 0.3 is 12.4 Å². The van der Waals surface area contributed by atoms with E-state index >= 15 is 0 Å². The second-order valence-corrected chi connectivity index (χ2v) is 18.3. The highest BCUT2D eigenvalue weighted by Crippen LogP contribution is 2.56. The molecule has 12 rings (SSSR count). The zero-order valence-corrected chi connectivity index (χ0v) is 41.7. The topological polar surface area (TPSA) is 117 Å². The summed E-state index contributed by atoms with van der Waals surface area (Å²) in [5.74, 6) is 1.19. The molecule has 9 nitrogen and oxygen atoms in total. The summed E-state index contributed by atoms with van der Waals surface area (Å²) < 4.78 is 107. The molecule has 0 unspecified atom stereocenters. The first kappa shape index (κ1) is 51.1. The number of alkyl halides is 6. The van der Waals surface area contributed by atoms with Gasteiger partial charge in [0, 0.05) is 33.4 Å². The van der Waals surface area contributed by atoms with Crippen molar-refractivity contribution in [3.63, 3.8) is 0 Å². The highest BCUT2D eigenvalue weighted by Gasteiger charge is 2.72. The molecule has 9 aromatic carbocycles. The van der Waals surface area contributed by atoms with Crippen LogP contribution in [0.5, 0.6) is 0 Å². The Balaban J connectivity index is 0.000000228. The molecule has 0 aliphatic heterocycles. The van der Waals surface area contributed by atoms with Crippen LogP contribution in [0.1, 0.15) is 16.7 Å². The van der Waals surface area contributed by atoms with Gasteiger partial charge in [-0.3, -0.25) is 0 Å². The van der Waals surface area contributed by atoms with Crippen molar-refractivity contribution in [1.82, 2.24) is 30.6 Å². The molecular formula is C64H42F6N6O3. The van der Waals surface area contributed by atoms with Crippen molar-refractivity contribution in [2.75, 3.05) is 0 Å². The molecule has 3 aromatic heterocycles.